The second-order valence-electron chi connectivity index (χ2n) is 11.0. The summed E-state index contributed by atoms with van der Waals surface area (Å²) >= 11 is 1.34. The molecule has 0 saturated carbocycles. The van der Waals surface area contributed by atoms with E-state index in [9.17, 15) is 14.7 Å². The van der Waals surface area contributed by atoms with Crippen LogP contribution in [0, 0.1) is 6.92 Å². The molecule has 3 heterocycles. The first kappa shape index (κ1) is 25.8. The van der Waals surface area contributed by atoms with Crippen molar-refractivity contribution in [3.8, 4) is 5.75 Å². The van der Waals surface area contributed by atoms with Gasteiger partial charge in [-0.25, -0.2) is 4.98 Å². The van der Waals surface area contributed by atoms with Gasteiger partial charge >= 0.3 is 0 Å². The number of rotatable bonds is 5. The number of aryl methyl sites for hydroxylation is 1. The highest BCUT2D eigenvalue weighted by Crippen LogP contribution is 2.45. The van der Waals surface area contributed by atoms with E-state index in [1.165, 1.54) is 23.3 Å². The van der Waals surface area contributed by atoms with Crippen LogP contribution in [-0.2, 0) is 10.2 Å². The Morgan fingerprint density at radius 1 is 1.07 bits per heavy atom. The first-order valence-electron chi connectivity index (χ1n) is 12.9. The van der Waals surface area contributed by atoms with Gasteiger partial charge in [-0.1, -0.05) is 74.6 Å². The number of hydrogen-bond donors (Lipinski definition) is 1. The Labute approximate surface area is 235 Å². The van der Waals surface area contributed by atoms with Gasteiger partial charge in [-0.05, 0) is 53.3 Å². The fourth-order valence-electron chi connectivity index (χ4n) is 5.08. The summed E-state index contributed by atoms with van der Waals surface area (Å²) in [5, 5.41) is 12.3. The molecule has 1 aliphatic rings. The van der Waals surface area contributed by atoms with Crippen LogP contribution in [0.3, 0.4) is 0 Å². The number of methoxy groups -OCH3 is 1. The molecule has 8 heteroatoms. The molecule has 2 aromatic heterocycles. The van der Waals surface area contributed by atoms with Crippen molar-refractivity contribution in [1.29, 1.82) is 0 Å². The van der Waals surface area contributed by atoms with Gasteiger partial charge in [-0.3, -0.25) is 14.5 Å². The zero-order valence-electron chi connectivity index (χ0n) is 22.8. The van der Waals surface area contributed by atoms with Gasteiger partial charge in [0.1, 0.15) is 0 Å². The van der Waals surface area contributed by atoms with Crippen LogP contribution in [0.25, 0.3) is 21.2 Å². The van der Waals surface area contributed by atoms with Crippen LogP contribution >= 0.6 is 11.3 Å². The summed E-state index contributed by atoms with van der Waals surface area (Å²) in [5.41, 5.74) is 3.87. The van der Waals surface area contributed by atoms with E-state index < -0.39 is 23.5 Å². The van der Waals surface area contributed by atoms with Gasteiger partial charge in [0.2, 0.25) is 5.78 Å². The summed E-state index contributed by atoms with van der Waals surface area (Å²) in [4.78, 5) is 33.8. The summed E-state index contributed by atoms with van der Waals surface area (Å²) in [5.74, 6) is -1.38. The number of nitrogens with zero attached hydrogens (tertiary/aromatic N) is 2. The van der Waals surface area contributed by atoms with Gasteiger partial charge < -0.3 is 14.3 Å². The average molecular weight is 553 g/mol. The molecule has 202 valence electrons. The molecule has 1 amide bonds. The summed E-state index contributed by atoms with van der Waals surface area (Å²) in [6.07, 6.45) is 0. The van der Waals surface area contributed by atoms with Gasteiger partial charge in [0.25, 0.3) is 5.91 Å². The fourth-order valence-corrected chi connectivity index (χ4v) is 6.17. The third kappa shape index (κ3) is 4.16. The number of benzene rings is 3. The SMILES string of the molecule is COc1cccc2cc(C(=O)C3=C(O)C(=O)N(c4nc5ccc(C)cc5s4)C3c3ccc(C(C)(C)C)cc3)oc12. The molecule has 3 aromatic carbocycles. The molecular weight excluding hydrogens is 524 g/mol. The van der Waals surface area contributed by atoms with E-state index >= 15 is 0 Å². The number of ketones is 1. The molecule has 40 heavy (non-hydrogen) atoms. The predicted octanol–water partition coefficient (Wildman–Crippen LogP) is 7.44. The standard InChI is InChI=1S/C32H28N2O5S/c1-17-9-14-21-24(15-17)40-31(33-21)34-26(18-10-12-20(13-11-18)32(2,3)4)25(28(36)30(34)37)27(35)23-16-19-7-6-8-22(38-5)29(19)39-23/h6-16,26,36H,1-5H3. The lowest BCUT2D eigenvalue weighted by molar-refractivity contribution is -0.117. The Morgan fingerprint density at radius 3 is 2.52 bits per heavy atom. The van der Waals surface area contributed by atoms with Gasteiger partial charge in [-0.2, -0.15) is 0 Å². The Balaban J connectivity index is 1.51. The van der Waals surface area contributed by atoms with E-state index in [-0.39, 0.29) is 16.7 Å². The third-order valence-electron chi connectivity index (χ3n) is 7.24. The van der Waals surface area contributed by atoms with Crippen LogP contribution in [0.15, 0.2) is 82.5 Å². The topological polar surface area (TPSA) is 92.9 Å². The predicted molar refractivity (Wildman–Crippen MR) is 156 cm³/mol. The molecule has 1 atom stereocenters. The minimum atomic E-state index is -0.897. The van der Waals surface area contributed by atoms with Gasteiger partial charge in [-0.15, -0.1) is 0 Å². The van der Waals surface area contributed by atoms with Crippen LogP contribution in [0.5, 0.6) is 5.75 Å². The molecule has 0 fully saturated rings. The first-order chi connectivity index (χ1) is 19.1. The highest BCUT2D eigenvalue weighted by molar-refractivity contribution is 7.22. The number of anilines is 1. The molecule has 6 rings (SSSR count). The fraction of sp³-hybridized carbons (Fsp3) is 0.219. The van der Waals surface area contributed by atoms with E-state index in [2.05, 4.69) is 20.8 Å². The highest BCUT2D eigenvalue weighted by Gasteiger charge is 2.46. The molecule has 1 N–H and O–H groups in total. The van der Waals surface area contributed by atoms with E-state index in [0.717, 1.165) is 21.3 Å². The number of aliphatic hydroxyl groups is 1. The third-order valence-corrected chi connectivity index (χ3v) is 8.25. The monoisotopic (exact) mass is 552 g/mol. The van der Waals surface area contributed by atoms with E-state index in [1.54, 1.807) is 18.2 Å². The first-order valence-corrected chi connectivity index (χ1v) is 13.7. The summed E-state index contributed by atoms with van der Waals surface area (Å²) < 4.78 is 12.2. The normalized spacial score (nSPS) is 16.0. The van der Waals surface area contributed by atoms with Crippen molar-refractivity contribution in [3.05, 3.63) is 101 Å². The second kappa shape index (κ2) is 9.34. The number of furan rings is 1. The number of aliphatic hydroxyl groups excluding tert-OH is 1. The zero-order valence-corrected chi connectivity index (χ0v) is 23.6. The van der Waals surface area contributed by atoms with Crippen molar-refractivity contribution < 1.29 is 23.8 Å². The van der Waals surface area contributed by atoms with E-state index in [0.29, 0.717) is 27.4 Å². The quantitative estimate of drug-likeness (QED) is 0.228. The van der Waals surface area contributed by atoms with E-state index in [1.807, 2.05) is 55.5 Å². The minimum absolute atomic E-state index is 0.00642. The number of carbonyl (C=O) groups excluding carboxylic acids is 2. The number of amides is 1. The summed E-state index contributed by atoms with van der Waals surface area (Å²) in [7, 11) is 1.53. The lowest BCUT2D eigenvalue weighted by atomic mass is 9.85. The zero-order chi connectivity index (χ0) is 28.3. The highest BCUT2D eigenvalue weighted by atomic mass is 32.1. The lowest BCUT2D eigenvalue weighted by Gasteiger charge is -2.25. The van der Waals surface area contributed by atoms with Crippen LogP contribution in [0.2, 0.25) is 0 Å². The number of carbonyl (C=O) groups is 2. The number of hydrogen-bond acceptors (Lipinski definition) is 7. The maximum Gasteiger partial charge on any atom is 0.296 e. The van der Waals surface area contributed by atoms with Crippen LogP contribution in [0.1, 0.15) is 54.1 Å². The molecule has 0 radical (unpaired) electrons. The Morgan fingerprint density at radius 2 is 1.82 bits per heavy atom. The van der Waals surface area contributed by atoms with Crippen molar-refractivity contribution >= 4 is 49.3 Å². The van der Waals surface area contributed by atoms with Crippen molar-refractivity contribution in [1.82, 2.24) is 4.98 Å². The Kier molecular flexibility index (Phi) is 6.03. The molecular formula is C32H28N2O5S. The van der Waals surface area contributed by atoms with Crippen molar-refractivity contribution in [3.63, 3.8) is 0 Å². The molecule has 0 saturated heterocycles. The lowest BCUT2D eigenvalue weighted by Crippen LogP contribution is -2.31. The van der Waals surface area contributed by atoms with Crippen LogP contribution in [0.4, 0.5) is 5.13 Å². The number of para-hydroxylation sites is 1. The maximum absolute atomic E-state index is 14.0. The molecule has 5 aromatic rings. The average Bonchev–Trinajstić information content (AvgIpc) is 3.61. The van der Waals surface area contributed by atoms with E-state index in [4.69, 9.17) is 14.1 Å². The number of fused-ring (bicyclic) bond motifs is 2. The van der Waals surface area contributed by atoms with Crippen LogP contribution in [-0.4, -0.2) is 28.9 Å². The minimum Gasteiger partial charge on any atom is -0.503 e. The van der Waals surface area contributed by atoms with Gasteiger partial charge in [0.15, 0.2) is 28.0 Å². The number of ether oxygens (including phenoxy) is 1. The molecule has 0 spiro atoms. The van der Waals surface area contributed by atoms with Gasteiger partial charge in [0, 0.05) is 5.39 Å². The van der Waals surface area contributed by atoms with Crippen molar-refractivity contribution in [2.75, 3.05) is 12.0 Å². The smallest absolute Gasteiger partial charge is 0.296 e. The van der Waals surface area contributed by atoms with Crippen molar-refractivity contribution in [2.24, 2.45) is 0 Å². The van der Waals surface area contributed by atoms with Gasteiger partial charge in [0.05, 0.1) is 28.9 Å². The molecule has 0 bridgehead atoms. The number of Topliss-reactive ketones (excluding diaryl/α,β-unsaturated/α-hetero) is 1. The van der Waals surface area contributed by atoms with Crippen LogP contribution < -0.4 is 9.64 Å². The molecule has 1 aliphatic heterocycles. The maximum atomic E-state index is 14.0. The number of thiazole rings is 1. The largest absolute Gasteiger partial charge is 0.503 e. The molecule has 7 nitrogen and oxygen atoms in total. The second-order valence-corrected chi connectivity index (χ2v) is 12.0. The Bertz CT molecular complexity index is 1840. The molecule has 0 aliphatic carbocycles. The number of aromatic nitrogens is 1. The molecule has 1 unspecified atom stereocenters. The summed E-state index contributed by atoms with van der Waals surface area (Å²) in [6.45, 7) is 8.35. The van der Waals surface area contributed by atoms with Crippen molar-refractivity contribution in [2.45, 2.75) is 39.2 Å². The Hall–Kier alpha value is -4.43. The summed E-state index contributed by atoms with van der Waals surface area (Å²) in [6, 6.07) is 19.7.